The molecule has 21 heavy (non-hydrogen) atoms. The van der Waals surface area contributed by atoms with Crippen molar-refractivity contribution in [2.24, 2.45) is 0 Å². The van der Waals surface area contributed by atoms with E-state index in [1.54, 1.807) is 19.2 Å². The average molecular weight is 293 g/mol. The van der Waals surface area contributed by atoms with Crippen LogP contribution in [0.15, 0.2) is 12.1 Å². The Bertz CT molecular complexity index is 508. The molecule has 0 bridgehead atoms. The summed E-state index contributed by atoms with van der Waals surface area (Å²) in [6.07, 6.45) is 2.16. The van der Waals surface area contributed by atoms with Gasteiger partial charge in [0.1, 0.15) is 13.2 Å². The summed E-state index contributed by atoms with van der Waals surface area (Å²) < 4.78 is 21.8. The molecule has 0 aliphatic carbocycles. The zero-order valence-electron chi connectivity index (χ0n) is 12.0. The van der Waals surface area contributed by atoms with E-state index in [1.165, 1.54) is 0 Å². The molecule has 1 aromatic rings. The van der Waals surface area contributed by atoms with Crippen molar-refractivity contribution in [3.8, 4) is 17.2 Å². The molecule has 0 spiro atoms. The van der Waals surface area contributed by atoms with Crippen LogP contribution in [0.1, 0.15) is 23.2 Å². The number of ether oxygens (including phenoxy) is 4. The molecular weight excluding hydrogens is 274 g/mol. The fourth-order valence-electron chi connectivity index (χ4n) is 2.52. The van der Waals surface area contributed by atoms with E-state index >= 15 is 0 Å². The van der Waals surface area contributed by atoms with E-state index in [-0.39, 0.29) is 12.0 Å². The minimum Gasteiger partial charge on any atom is -0.493 e. The van der Waals surface area contributed by atoms with Crippen molar-refractivity contribution in [1.29, 1.82) is 0 Å². The third-order valence-electron chi connectivity index (χ3n) is 3.60. The number of hydrogen-bond acceptors (Lipinski definition) is 5. The fraction of sp³-hybridized carbons (Fsp3) is 0.533. The first-order valence-corrected chi connectivity index (χ1v) is 7.15. The van der Waals surface area contributed by atoms with Gasteiger partial charge < -0.3 is 24.3 Å². The highest BCUT2D eigenvalue weighted by Crippen LogP contribution is 2.40. The first-order valence-electron chi connectivity index (χ1n) is 7.15. The Labute approximate surface area is 123 Å². The number of nitrogens with one attached hydrogen (secondary N) is 1. The Morgan fingerprint density at radius 2 is 2.19 bits per heavy atom. The monoisotopic (exact) mass is 293 g/mol. The summed E-state index contributed by atoms with van der Waals surface area (Å²) in [5, 5.41) is 2.88. The summed E-state index contributed by atoms with van der Waals surface area (Å²) >= 11 is 0. The van der Waals surface area contributed by atoms with Crippen molar-refractivity contribution in [3.63, 3.8) is 0 Å². The van der Waals surface area contributed by atoms with Gasteiger partial charge in [0.25, 0.3) is 5.91 Å². The Kier molecular flexibility index (Phi) is 4.15. The number of hydrogen-bond donors (Lipinski definition) is 1. The summed E-state index contributed by atoms with van der Waals surface area (Å²) in [6.45, 7) is 2.25. The maximum Gasteiger partial charge on any atom is 0.251 e. The van der Waals surface area contributed by atoms with Crippen LogP contribution in [0.5, 0.6) is 17.2 Å². The van der Waals surface area contributed by atoms with Crippen LogP contribution in [-0.2, 0) is 4.74 Å². The summed E-state index contributed by atoms with van der Waals surface area (Å²) in [4.78, 5) is 12.2. The van der Waals surface area contributed by atoms with Crippen molar-refractivity contribution in [3.05, 3.63) is 17.7 Å². The Morgan fingerprint density at radius 1 is 1.33 bits per heavy atom. The maximum atomic E-state index is 12.2. The second-order valence-electron chi connectivity index (χ2n) is 5.05. The molecule has 6 nitrogen and oxygen atoms in total. The molecule has 114 valence electrons. The third-order valence-corrected chi connectivity index (χ3v) is 3.60. The number of carbonyl (C=O) groups excluding carboxylic acids is 1. The normalized spacial score (nSPS) is 20.1. The van der Waals surface area contributed by atoms with Crippen LogP contribution in [0.25, 0.3) is 0 Å². The van der Waals surface area contributed by atoms with E-state index in [0.29, 0.717) is 42.6 Å². The lowest BCUT2D eigenvalue weighted by atomic mass is 10.1. The lowest BCUT2D eigenvalue weighted by Gasteiger charge is -2.21. The van der Waals surface area contributed by atoms with Gasteiger partial charge in [-0.05, 0) is 25.0 Å². The minimum atomic E-state index is -0.166. The molecule has 6 heteroatoms. The van der Waals surface area contributed by atoms with Crippen molar-refractivity contribution in [2.45, 2.75) is 18.9 Å². The highest BCUT2D eigenvalue weighted by atomic mass is 16.6. The van der Waals surface area contributed by atoms with Gasteiger partial charge in [0.15, 0.2) is 11.5 Å². The van der Waals surface area contributed by atoms with Crippen LogP contribution in [0.3, 0.4) is 0 Å². The summed E-state index contributed by atoms with van der Waals surface area (Å²) in [5.74, 6) is 1.44. The zero-order chi connectivity index (χ0) is 14.7. The number of benzene rings is 1. The van der Waals surface area contributed by atoms with Gasteiger partial charge in [0.05, 0.1) is 13.2 Å². The molecule has 1 aromatic carbocycles. The molecule has 1 fully saturated rings. The van der Waals surface area contributed by atoms with Gasteiger partial charge >= 0.3 is 0 Å². The topological polar surface area (TPSA) is 66.0 Å². The number of carbonyl (C=O) groups is 1. The van der Waals surface area contributed by atoms with Crippen LogP contribution in [0.4, 0.5) is 0 Å². The first kappa shape index (κ1) is 14.0. The van der Waals surface area contributed by atoms with Crippen LogP contribution in [0.2, 0.25) is 0 Å². The summed E-state index contributed by atoms with van der Waals surface area (Å²) in [7, 11) is 1.54. The van der Waals surface area contributed by atoms with E-state index in [2.05, 4.69) is 5.32 Å². The zero-order valence-corrected chi connectivity index (χ0v) is 12.0. The Balaban J connectivity index is 1.73. The van der Waals surface area contributed by atoms with Gasteiger partial charge in [-0.1, -0.05) is 0 Å². The van der Waals surface area contributed by atoms with E-state index < -0.39 is 0 Å². The van der Waals surface area contributed by atoms with Crippen LogP contribution in [-0.4, -0.2) is 45.5 Å². The quantitative estimate of drug-likeness (QED) is 0.908. The first-order chi connectivity index (χ1) is 10.3. The van der Waals surface area contributed by atoms with Crippen molar-refractivity contribution >= 4 is 5.91 Å². The molecule has 1 amide bonds. The van der Waals surface area contributed by atoms with E-state index in [9.17, 15) is 4.79 Å². The molecule has 1 saturated heterocycles. The molecule has 0 aromatic heterocycles. The van der Waals surface area contributed by atoms with E-state index in [4.69, 9.17) is 18.9 Å². The Morgan fingerprint density at radius 3 is 2.95 bits per heavy atom. The lowest BCUT2D eigenvalue weighted by molar-refractivity contribution is 0.0856. The second-order valence-corrected chi connectivity index (χ2v) is 5.05. The predicted octanol–water partition coefficient (Wildman–Crippen LogP) is 1.38. The predicted molar refractivity (Wildman–Crippen MR) is 75.3 cm³/mol. The van der Waals surface area contributed by atoms with Gasteiger partial charge in [0.2, 0.25) is 5.75 Å². The van der Waals surface area contributed by atoms with E-state index in [0.717, 1.165) is 19.4 Å². The smallest absolute Gasteiger partial charge is 0.251 e. The number of fused-ring (bicyclic) bond motifs is 1. The molecule has 0 radical (unpaired) electrons. The molecule has 0 unspecified atom stereocenters. The summed E-state index contributed by atoms with van der Waals surface area (Å²) in [6, 6.07) is 3.35. The largest absolute Gasteiger partial charge is 0.493 e. The molecular formula is C15H19NO5. The average Bonchev–Trinajstić information content (AvgIpc) is 3.04. The molecule has 1 atom stereocenters. The lowest BCUT2D eigenvalue weighted by Crippen LogP contribution is -2.31. The summed E-state index contributed by atoms with van der Waals surface area (Å²) in [5.41, 5.74) is 0.495. The molecule has 2 aliphatic heterocycles. The van der Waals surface area contributed by atoms with Gasteiger partial charge in [-0.3, -0.25) is 4.79 Å². The van der Waals surface area contributed by atoms with Crippen molar-refractivity contribution in [2.75, 3.05) is 33.5 Å². The Hall–Kier alpha value is -1.95. The van der Waals surface area contributed by atoms with Crippen LogP contribution in [0, 0.1) is 0 Å². The van der Waals surface area contributed by atoms with E-state index in [1.807, 2.05) is 0 Å². The third kappa shape index (κ3) is 3.05. The minimum absolute atomic E-state index is 0.119. The van der Waals surface area contributed by atoms with Crippen LogP contribution < -0.4 is 19.5 Å². The molecule has 2 aliphatic rings. The molecule has 1 N–H and O–H groups in total. The molecule has 0 saturated carbocycles. The standard InChI is InChI=1S/C15H19NO5/c1-18-12-7-10(8-13-14(12)21-6-5-20-13)15(17)16-9-11-3-2-4-19-11/h7-8,11H,2-6,9H2,1H3,(H,16,17)/t11-/m0/s1. The van der Waals surface area contributed by atoms with Crippen molar-refractivity contribution in [1.82, 2.24) is 5.32 Å². The van der Waals surface area contributed by atoms with Crippen molar-refractivity contribution < 1.29 is 23.7 Å². The van der Waals surface area contributed by atoms with Gasteiger partial charge in [0, 0.05) is 18.7 Å². The second kappa shape index (κ2) is 6.22. The van der Waals surface area contributed by atoms with Crippen LogP contribution >= 0.6 is 0 Å². The fourth-order valence-corrected chi connectivity index (χ4v) is 2.52. The number of amides is 1. The van der Waals surface area contributed by atoms with Gasteiger partial charge in [-0.15, -0.1) is 0 Å². The molecule has 3 rings (SSSR count). The molecule has 2 heterocycles. The maximum absolute atomic E-state index is 12.2. The number of methoxy groups -OCH3 is 1. The number of rotatable bonds is 4. The SMILES string of the molecule is COc1cc(C(=O)NC[C@@H]2CCCO2)cc2c1OCCO2. The van der Waals surface area contributed by atoms with Gasteiger partial charge in [-0.25, -0.2) is 0 Å². The highest BCUT2D eigenvalue weighted by Gasteiger charge is 2.22. The highest BCUT2D eigenvalue weighted by molar-refractivity contribution is 5.95. The van der Waals surface area contributed by atoms with Gasteiger partial charge in [-0.2, -0.15) is 0 Å².